The van der Waals surface area contributed by atoms with Crippen LogP contribution in [0.2, 0.25) is 0 Å². The second kappa shape index (κ2) is 4.01. The van der Waals surface area contributed by atoms with Crippen molar-refractivity contribution in [1.29, 1.82) is 0 Å². The van der Waals surface area contributed by atoms with Crippen molar-refractivity contribution in [2.45, 2.75) is 4.90 Å². The number of hydrogen-bond acceptors (Lipinski definition) is 3. The van der Waals surface area contributed by atoms with Crippen molar-refractivity contribution < 1.29 is 0 Å². The van der Waals surface area contributed by atoms with E-state index in [1.54, 1.807) is 0 Å². The SMILES string of the molecule is S=c1[nH]c2ccc(-c3ccccc3S)nc2[nH]1. The predicted molar refractivity (Wildman–Crippen MR) is 74.0 cm³/mol. The smallest absolute Gasteiger partial charge is 0.176 e. The fraction of sp³-hybridized carbons (Fsp3) is 0. The maximum atomic E-state index is 5.03. The third-order valence-electron chi connectivity index (χ3n) is 2.56. The minimum atomic E-state index is 0.587. The van der Waals surface area contributed by atoms with Crippen LogP contribution in [0, 0.1) is 4.77 Å². The van der Waals surface area contributed by atoms with E-state index in [2.05, 4.69) is 27.6 Å². The van der Waals surface area contributed by atoms with Crippen molar-refractivity contribution >= 4 is 36.0 Å². The molecule has 2 heterocycles. The van der Waals surface area contributed by atoms with Gasteiger partial charge in [0, 0.05) is 10.5 Å². The van der Waals surface area contributed by atoms with E-state index >= 15 is 0 Å². The van der Waals surface area contributed by atoms with Crippen molar-refractivity contribution in [2.75, 3.05) is 0 Å². The summed E-state index contributed by atoms with van der Waals surface area (Å²) in [6.45, 7) is 0. The molecule has 84 valence electrons. The summed E-state index contributed by atoms with van der Waals surface area (Å²) < 4.78 is 0.587. The normalized spacial score (nSPS) is 10.9. The van der Waals surface area contributed by atoms with E-state index in [1.165, 1.54) is 0 Å². The highest BCUT2D eigenvalue weighted by Crippen LogP contribution is 2.25. The number of rotatable bonds is 1. The topological polar surface area (TPSA) is 44.5 Å². The van der Waals surface area contributed by atoms with Gasteiger partial charge in [0.05, 0.1) is 11.2 Å². The third-order valence-corrected chi connectivity index (χ3v) is 3.15. The van der Waals surface area contributed by atoms with Crippen LogP contribution in [0.15, 0.2) is 41.3 Å². The Labute approximate surface area is 108 Å². The van der Waals surface area contributed by atoms with Gasteiger partial charge in [-0.2, -0.15) is 0 Å². The predicted octanol–water partition coefficient (Wildman–Crippen LogP) is 3.58. The Morgan fingerprint density at radius 2 is 1.88 bits per heavy atom. The molecule has 0 aliphatic rings. The van der Waals surface area contributed by atoms with Crippen molar-refractivity contribution in [2.24, 2.45) is 0 Å². The first-order chi connectivity index (χ1) is 8.24. The lowest BCUT2D eigenvalue weighted by Crippen LogP contribution is -1.85. The number of imidazole rings is 1. The molecule has 5 heteroatoms. The van der Waals surface area contributed by atoms with Gasteiger partial charge in [-0.05, 0) is 30.4 Å². The van der Waals surface area contributed by atoms with Crippen molar-refractivity contribution in [3.05, 3.63) is 41.2 Å². The summed E-state index contributed by atoms with van der Waals surface area (Å²) in [7, 11) is 0. The van der Waals surface area contributed by atoms with Gasteiger partial charge in [-0.15, -0.1) is 12.6 Å². The molecule has 1 aromatic carbocycles. The summed E-state index contributed by atoms with van der Waals surface area (Å²) >= 11 is 9.46. The fourth-order valence-corrected chi connectivity index (χ4v) is 2.24. The number of hydrogen-bond donors (Lipinski definition) is 3. The van der Waals surface area contributed by atoms with E-state index < -0.39 is 0 Å². The van der Waals surface area contributed by atoms with Gasteiger partial charge in [0.25, 0.3) is 0 Å². The van der Waals surface area contributed by atoms with E-state index in [0.29, 0.717) is 4.77 Å². The molecule has 0 bridgehead atoms. The number of benzene rings is 1. The molecule has 0 radical (unpaired) electrons. The molecule has 0 spiro atoms. The van der Waals surface area contributed by atoms with Crippen LogP contribution in [0.25, 0.3) is 22.4 Å². The average molecular weight is 259 g/mol. The summed E-state index contributed by atoms with van der Waals surface area (Å²) in [4.78, 5) is 11.5. The van der Waals surface area contributed by atoms with Crippen LogP contribution in [-0.4, -0.2) is 15.0 Å². The highest BCUT2D eigenvalue weighted by Gasteiger charge is 2.05. The Kier molecular flexibility index (Phi) is 2.49. The second-order valence-corrected chi connectivity index (χ2v) is 4.58. The number of aromatic amines is 2. The highest BCUT2D eigenvalue weighted by atomic mass is 32.1. The monoisotopic (exact) mass is 259 g/mol. The zero-order chi connectivity index (χ0) is 11.8. The molecule has 0 atom stereocenters. The molecule has 0 saturated carbocycles. The van der Waals surface area contributed by atoms with Crippen LogP contribution >= 0.6 is 24.8 Å². The van der Waals surface area contributed by atoms with Gasteiger partial charge in [0.1, 0.15) is 0 Å². The molecule has 0 aliphatic carbocycles. The largest absolute Gasteiger partial charge is 0.329 e. The highest BCUT2D eigenvalue weighted by molar-refractivity contribution is 7.80. The van der Waals surface area contributed by atoms with Gasteiger partial charge in [-0.3, -0.25) is 0 Å². The average Bonchev–Trinajstić information content (AvgIpc) is 2.68. The molecule has 0 fully saturated rings. The standard InChI is InChI=1S/C12H9N3S2/c16-10-4-2-1-3-7(10)8-5-6-9-11(13-8)15-12(17)14-9/h1-6,16H,(H2,13,14,15,17). The van der Waals surface area contributed by atoms with Gasteiger partial charge < -0.3 is 9.97 Å². The summed E-state index contributed by atoms with van der Waals surface area (Å²) in [6, 6.07) is 11.8. The first kappa shape index (κ1) is 10.6. The van der Waals surface area contributed by atoms with E-state index in [0.717, 1.165) is 27.3 Å². The van der Waals surface area contributed by atoms with E-state index in [4.69, 9.17) is 12.2 Å². The third kappa shape index (κ3) is 1.87. The van der Waals surface area contributed by atoms with Gasteiger partial charge >= 0.3 is 0 Å². The molecule has 17 heavy (non-hydrogen) atoms. The van der Waals surface area contributed by atoms with Crippen molar-refractivity contribution in [3.8, 4) is 11.3 Å². The van der Waals surface area contributed by atoms with E-state index in [-0.39, 0.29) is 0 Å². The fourth-order valence-electron chi connectivity index (χ4n) is 1.76. The lowest BCUT2D eigenvalue weighted by atomic mass is 10.1. The molecule has 2 aromatic heterocycles. The molecule has 3 rings (SSSR count). The van der Waals surface area contributed by atoms with Crippen LogP contribution in [0.4, 0.5) is 0 Å². The first-order valence-corrected chi connectivity index (χ1v) is 5.97. The maximum absolute atomic E-state index is 5.03. The Bertz CT molecular complexity index is 743. The lowest BCUT2D eigenvalue weighted by Gasteiger charge is -2.03. The summed E-state index contributed by atoms with van der Waals surface area (Å²) in [5.41, 5.74) is 3.58. The first-order valence-electron chi connectivity index (χ1n) is 5.11. The molecule has 0 aliphatic heterocycles. The Balaban J connectivity index is 2.24. The van der Waals surface area contributed by atoms with Crippen molar-refractivity contribution in [3.63, 3.8) is 0 Å². The Hall–Kier alpha value is -1.59. The molecule has 0 unspecified atom stereocenters. The minimum absolute atomic E-state index is 0.587. The number of H-pyrrole nitrogens is 2. The zero-order valence-corrected chi connectivity index (χ0v) is 10.5. The molecular formula is C12H9N3S2. The lowest BCUT2D eigenvalue weighted by molar-refractivity contribution is 1.26. The minimum Gasteiger partial charge on any atom is -0.329 e. The second-order valence-electron chi connectivity index (χ2n) is 3.69. The summed E-state index contributed by atoms with van der Waals surface area (Å²) in [6.07, 6.45) is 0. The van der Waals surface area contributed by atoms with Gasteiger partial charge in [0.15, 0.2) is 10.4 Å². The van der Waals surface area contributed by atoms with Crippen LogP contribution in [0.3, 0.4) is 0 Å². The number of pyridine rings is 1. The molecule has 2 N–H and O–H groups in total. The molecular weight excluding hydrogens is 250 g/mol. The quantitative estimate of drug-likeness (QED) is 0.462. The molecule has 3 aromatic rings. The Morgan fingerprint density at radius 1 is 1.06 bits per heavy atom. The number of fused-ring (bicyclic) bond motifs is 1. The van der Waals surface area contributed by atoms with Gasteiger partial charge in [0.2, 0.25) is 0 Å². The number of aromatic nitrogens is 3. The number of nitrogens with zero attached hydrogens (tertiary/aromatic N) is 1. The summed E-state index contributed by atoms with van der Waals surface area (Å²) in [5.74, 6) is 0. The van der Waals surface area contributed by atoms with Crippen molar-refractivity contribution in [1.82, 2.24) is 15.0 Å². The number of nitrogens with one attached hydrogen (secondary N) is 2. The maximum Gasteiger partial charge on any atom is 0.176 e. The number of thiol groups is 1. The molecule has 0 saturated heterocycles. The van der Waals surface area contributed by atoms with E-state index in [9.17, 15) is 0 Å². The van der Waals surface area contributed by atoms with Crippen LogP contribution in [-0.2, 0) is 0 Å². The van der Waals surface area contributed by atoms with E-state index in [1.807, 2.05) is 36.4 Å². The summed E-state index contributed by atoms with van der Waals surface area (Å²) in [5, 5.41) is 0. The van der Waals surface area contributed by atoms with Crippen LogP contribution in [0.5, 0.6) is 0 Å². The molecule has 0 amide bonds. The van der Waals surface area contributed by atoms with Crippen LogP contribution < -0.4 is 0 Å². The zero-order valence-electron chi connectivity index (χ0n) is 8.77. The van der Waals surface area contributed by atoms with Crippen LogP contribution in [0.1, 0.15) is 0 Å². The van der Waals surface area contributed by atoms with Gasteiger partial charge in [-0.25, -0.2) is 4.98 Å². The Morgan fingerprint density at radius 3 is 2.71 bits per heavy atom. The van der Waals surface area contributed by atoms with Gasteiger partial charge in [-0.1, -0.05) is 18.2 Å². The molecule has 3 nitrogen and oxygen atoms in total.